The molecule has 7 heterocycles. The molecule has 0 bridgehead atoms. The van der Waals surface area contributed by atoms with Crippen LogP contribution in [0.3, 0.4) is 0 Å². The van der Waals surface area contributed by atoms with E-state index in [0.29, 0.717) is 13.1 Å². The van der Waals surface area contributed by atoms with Gasteiger partial charge in [-0.25, -0.2) is 0 Å². The van der Waals surface area contributed by atoms with Crippen molar-refractivity contribution in [1.82, 2.24) is 39.3 Å². The van der Waals surface area contributed by atoms with Crippen LogP contribution in [0, 0.1) is 0 Å². The van der Waals surface area contributed by atoms with Crippen LogP contribution in [0.1, 0.15) is 22.6 Å². The molecular weight excluding hydrogens is 592 g/mol. The summed E-state index contributed by atoms with van der Waals surface area (Å²) in [5.41, 5.74) is 5.42. The summed E-state index contributed by atoms with van der Waals surface area (Å²) in [6, 6.07) is 15.2. The van der Waals surface area contributed by atoms with Gasteiger partial charge in [-0.1, -0.05) is 24.3 Å². The molecule has 0 unspecified atom stereocenters. The molecule has 0 radical (unpaired) electrons. The molecule has 13 heteroatoms. The maximum atomic E-state index is 11.6. The van der Waals surface area contributed by atoms with Gasteiger partial charge in [0.15, 0.2) is 11.5 Å². The zero-order chi connectivity index (χ0) is 30.9. The first-order valence-corrected chi connectivity index (χ1v) is 15.6. The first kappa shape index (κ1) is 28.8. The number of H-pyrrole nitrogens is 2. The van der Waals surface area contributed by atoms with E-state index in [1.54, 1.807) is 11.3 Å². The Bertz CT molecular complexity index is 2080. The Balaban J connectivity index is 0.000000145. The Morgan fingerprint density at radius 2 is 1.47 bits per heavy atom. The van der Waals surface area contributed by atoms with E-state index >= 15 is 0 Å². The van der Waals surface area contributed by atoms with E-state index in [9.17, 15) is 19.8 Å². The molecule has 1 aromatic carbocycles. The quantitative estimate of drug-likeness (QED) is 0.228. The van der Waals surface area contributed by atoms with Crippen molar-refractivity contribution in [3.8, 4) is 22.1 Å². The molecule has 5 aromatic heterocycles. The van der Waals surface area contributed by atoms with E-state index in [0.717, 1.165) is 83.4 Å². The van der Waals surface area contributed by atoms with E-state index in [2.05, 4.69) is 42.3 Å². The Morgan fingerprint density at radius 1 is 0.800 bits per heavy atom. The van der Waals surface area contributed by atoms with Crippen LogP contribution in [0.2, 0.25) is 0 Å². The first-order valence-electron chi connectivity index (χ1n) is 14.7. The number of para-hydroxylation sites is 1. The molecule has 2 aliphatic heterocycles. The number of nitrogens with one attached hydrogen (secondary N) is 2. The molecule has 4 N–H and O–H groups in total. The van der Waals surface area contributed by atoms with Crippen molar-refractivity contribution in [2.45, 2.75) is 39.3 Å². The lowest BCUT2D eigenvalue weighted by Crippen LogP contribution is -2.34. The van der Waals surface area contributed by atoms with Crippen LogP contribution in [0.4, 0.5) is 0 Å². The summed E-state index contributed by atoms with van der Waals surface area (Å²) >= 11 is 1.67. The van der Waals surface area contributed by atoms with E-state index < -0.39 is 0 Å². The standard InChI is InChI=1S/C16H16N4O2S.C16H16N4O2/c21-13-6-12-9-19(3-4-20(12)10-14(13)22)8-11-7-17-18-16(11)15-2-1-5-23-15;21-15-7-11-8-19(5-6-20(11)10-16(15)22)9-14-12-3-1-2-4-13(12)17-18-14/h1-2,5-7,10,22H,3-4,8-9H2,(H,17,18);1-4,7,10,22H,5-6,8-9H2,(H,17,18). The minimum Gasteiger partial charge on any atom is -0.503 e. The summed E-state index contributed by atoms with van der Waals surface area (Å²) in [6.07, 6.45) is 5.00. The fraction of sp³-hybridized carbons (Fsp3) is 0.250. The van der Waals surface area contributed by atoms with Crippen molar-refractivity contribution < 1.29 is 10.2 Å². The number of aromatic amines is 2. The lowest BCUT2D eigenvalue weighted by Gasteiger charge is -2.30. The number of hydrogen-bond acceptors (Lipinski definition) is 9. The van der Waals surface area contributed by atoms with Gasteiger partial charge >= 0.3 is 0 Å². The predicted octanol–water partition coefficient (Wildman–Crippen LogP) is 3.47. The van der Waals surface area contributed by atoms with Gasteiger partial charge in [-0.15, -0.1) is 11.3 Å². The van der Waals surface area contributed by atoms with E-state index in [1.165, 1.54) is 24.5 Å². The molecule has 12 nitrogen and oxygen atoms in total. The smallest absolute Gasteiger partial charge is 0.223 e. The molecule has 230 valence electrons. The third-order valence-electron chi connectivity index (χ3n) is 8.27. The molecule has 45 heavy (non-hydrogen) atoms. The lowest BCUT2D eigenvalue weighted by atomic mass is 10.1. The van der Waals surface area contributed by atoms with Gasteiger partial charge in [0.05, 0.1) is 28.5 Å². The zero-order valence-electron chi connectivity index (χ0n) is 24.4. The average molecular weight is 625 g/mol. The van der Waals surface area contributed by atoms with Crippen LogP contribution in [0.15, 0.2) is 82.1 Å². The van der Waals surface area contributed by atoms with Gasteiger partial charge in [-0.05, 0) is 17.5 Å². The Hall–Kier alpha value is -4.98. The van der Waals surface area contributed by atoms with Crippen molar-refractivity contribution in [1.29, 1.82) is 0 Å². The number of pyridine rings is 2. The monoisotopic (exact) mass is 624 g/mol. The number of thiophene rings is 1. The van der Waals surface area contributed by atoms with E-state index in [-0.39, 0.29) is 22.4 Å². The highest BCUT2D eigenvalue weighted by Crippen LogP contribution is 2.27. The van der Waals surface area contributed by atoms with Gasteiger partial charge in [0, 0.05) is 93.0 Å². The van der Waals surface area contributed by atoms with E-state index in [1.807, 2.05) is 45.0 Å². The van der Waals surface area contributed by atoms with Gasteiger partial charge < -0.3 is 19.3 Å². The van der Waals surface area contributed by atoms with E-state index in [4.69, 9.17) is 0 Å². The molecule has 8 rings (SSSR count). The van der Waals surface area contributed by atoms with Crippen LogP contribution in [0.5, 0.6) is 11.5 Å². The van der Waals surface area contributed by atoms with Crippen LogP contribution in [0.25, 0.3) is 21.5 Å². The van der Waals surface area contributed by atoms with Gasteiger partial charge in [0.25, 0.3) is 0 Å². The second-order valence-electron chi connectivity index (χ2n) is 11.3. The highest BCUT2D eigenvalue weighted by Gasteiger charge is 2.20. The first-order chi connectivity index (χ1) is 21.9. The zero-order valence-corrected chi connectivity index (χ0v) is 25.2. The Labute approximate surface area is 261 Å². The molecule has 6 aromatic rings. The number of nitrogens with zero attached hydrogens (tertiary/aromatic N) is 6. The third kappa shape index (κ3) is 6.05. The SMILES string of the molecule is O=c1cc2n(cc1O)CCN(Cc1c[nH]nc1-c1cccs1)C2.O=c1cc2n(cc1O)CCN(Cc1n[nH]c3ccccc13)C2. The number of aromatic nitrogens is 6. The minimum absolute atomic E-state index is 0.183. The third-order valence-corrected chi connectivity index (χ3v) is 9.15. The Kier molecular flexibility index (Phi) is 7.79. The highest BCUT2D eigenvalue weighted by atomic mass is 32.1. The molecule has 0 saturated carbocycles. The number of hydrogen-bond donors (Lipinski definition) is 4. The van der Waals surface area contributed by atoms with Gasteiger partial charge in [0.1, 0.15) is 5.69 Å². The average Bonchev–Trinajstić information content (AvgIpc) is 3.81. The van der Waals surface area contributed by atoms with Gasteiger partial charge in [0.2, 0.25) is 10.9 Å². The second kappa shape index (κ2) is 12.2. The lowest BCUT2D eigenvalue weighted by molar-refractivity contribution is 0.208. The fourth-order valence-corrected chi connectivity index (χ4v) is 6.68. The number of aromatic hydroxyl groups is 2. The number of fused-ring (bicyclic) bond motifs is 3. The van der Waals surface area contributed by atoms with Crippen LogP contribution in [-0.2, 0) is 39.3 Å². The molecule has 0 atom stereocenters. The normalized spacial score (nSPS) is 14.9. The summed E-state index contributed by atoms with van der Waals surface area (Å²) in [5, 5.41) is 37.0. The summed E-state index contributed by atoms with van der Waals surface area (Å²) < 4.78 is 3.89. The summed E-state index contributed by atoms with van der Waals surface area (Å²) in [6.45, 7) is 6.11. The molecule has 0 spiro atoms. The van der Waals surface area contributed by atoms with Crippen LogP contribution in [-0.4, -0.2) is 62.6 Å². The van der Waals surface area contributed by atoms with Crippen molar-refractivity contribution in [2.24, 2.45) is 0 Å². The van der Waals surface area contributed by atoms with Crippen molar-refractivity contribution in [2.75, 3.05) is 13.1 Å². The number of benzene rings is 1. The van der Waals surface area contributed by atoms with Crippen molar-refractivity contribution >= 4 is 22.2 Å². The van der Waals surface area contributed by atoms with Gasteiger partial charge in [-0.3, -0.25) is 29.6 Å². The van der Waals surface area contributed by atoms with Crippen LogP contribution < -0.4 is 10.9 Å². The van der Waals surface area contributed by atoms with Gasteiger partial charge in [-0.2, -0.15) is 10.2 Å². The minimum atomic E-state index is -0.321. The summed E-state index contributed by atoms with van der Waals surface area (Å²) in [7, 11) is 0. The number of rotatable bonds is 5. The van der Waals surface area contributed by atoms with Crippen molar-refractivity contribution in [3.63, 3.8) is 0 Å². The maximum Gasteiger partial charge on any atom is 0.223 e. The molecule has 0 aliphatic carbocycles. The maximum absolute atomic E-state index is 11.6. The largest absolute Gasteiger partial charge is 0.503 e. The molecule has 0 amide bonds. The van der Waals surface area contributed by atoms with Crippen molar-refractivity contribution in [3.05, 3.63) is 116 Å². The molecular formula is C32H32N8O4S. The predicted molar refractivity (Wildman–Crippen MR) is 171 cm³/mol. The highest BCUT2D eigenvalue weighted by molar-refractivity contribution is 7.13. The molecule has 0 saturated heterocycles. The summed E-state index contributed by atoms with van der Waals surface area (Å²) in [4.78, 5) is 28.9. The second-order valence-corrected chi connectivity index (χ2v) is 12.2. The molecule has 0 fully saturated rings. The fourth-order valence-electron chi connectivity index (χ4n) is 5.93. The summed E-state index contributed by atoms with van der Waals surface area (Å²) in [5.74, 6) is -0.368. The topological polar surface area (TPSA) is 148 Å². The Morgan fingerprint density at radius 3 is 2.13 bits per heavy atom. The molecule has 2 aliphatic rings. The van der Waals surface area contributed by atoms with Crippen LogP contribution >= 0.6 is 11.3 Å².